The molecule has 0 aliphatic carbocycles. The van der Waals surface area contributed by atoms with Gasteiger partial charge in [0.05, 0.1) is 13.2 Å². The van der Waals surface area contributed by atoms with Gasteiger partial charge in [0.1, 0.15) is 5.75 Å². The minimum atomic E-state index is 0.324. The summed E-state index contributed by atoms with van der Waals surface area (Å²) in [5, 5.41) is 4.68. The van der Waals surface area contributed by atoms with Gasteiger partial charge in [0.25, 0.3) is 0 Å². The summed E-state index contributed by atoms with van der Waals surface area (Å²) in [4.78, 5) is 2.19. The molecule has 0 N–H and O–H groups in total. The fourth-order valence-corrected chi connectivity index (χ4v) is 2.19. The van der Waals surface area contributed by atoms with Crippen molar-refractivity contribution in [1.29, 1.82) is 0 Å². The highest BCUT2D eigenvalue weighted by Gasteiger charge is 2.21. The van der Waals surface area contributed by atoms with E-state index < -0.39 is 0 Å². The van der Waals surface area contributed by atoms with E-state index in [1.807, 2.05) is 6.07 Å². The van der Waals surface area contributed by atoms with Crippen molar-refractivity contribution in [1.82, 2.24) is 10.2 Å². The standard InChI is InChI=1S/C13H19N2O/c1-15(2)9-13-12-5-4-11(16-3)8-10(12)6-7-14-13/h4-5,8,13H,6-7,9H2,1-3H3. The zero-order valence-corrected chi connectivity index (χ0v) is 10.2. The quantitative estimate of drug-likeness (QED) is 0.769. The van der Waals surface area contributed by atoms with Gasteiger partial charge in [-0.3, -0.25) is 0 Å². The first-order valence-electron chi connectivity index (χ1n) is 5.69. The van der Waals surface area contributed by atoms with Crippen molar-refractivity contribution in [3.8, 4) is 5.75 Å². The van der Waals surface area contributed by atoms with Crippen LogP contribution in [0.2, 0.25) is 0 Å². The molecule has 0 bridgehead atoms. The van der Waals surface area contributed by atoms with Gasteiger partial charge in [0.2, 0.25) is 0 Å². The van der Waals surface area contributed by atoms with E-state index in [0.29, 0.717) is 6.04 Å². The second kappa shape index (κ2) is 4.85. The number of rotatable bonds is 3. The van der Waals surface area contributed by atoms with Crippen LogP contribution in [0, 0.1) is 0 Å². The van der Waals surface area contributed by atoms with Crippen LogP contribution in [0.4, 0.5) is 0 Å². The lowest BCUT2D eigenvalue weighted by Gasteiger charge is -2.28. The van der Waals surface area contributed by atoms with Crippen LogP contribution in [0.25, 0.3) is 0 Å². The van der Waals surface area contributed by atoms with Crippen LogP contribution in [0.1, 0.15) is 17.2 Å². The van der Waals surface area contributed by atoms with Crippen LogP contribution in [-0.2, 0) is 6.42 Å². The maximum absolute atomic E-state index is 5.26. The average Bonchev–Trinajstić information content (AvgIpc) is 2.28. The molecule has 1 aromatic rings. The van der Waals surface area contributed by atoms with Crippen molar-refractivity contribution >= 4 is 0 Å². The van der Waals surface area contributed by atoms with E-state index in [-0.39, 0.29) is 0 Å². The Morgan fingerprint density at radius 1 is 1.44 bits per heavy atom. The molecule has 1 radical (unpaired) electrons. The Morgan fingerprint density at radius 3 is 2.94 bits per heavy atom. The van der Waals surface area contributed by atoms with Crippen molar-refractivity contribution in [2.24, 2.45) is 0 Å². The molecule has 3 heteroatoms. The maximum Gasteiger partial charge on any atom is 0.119 e. The third kappa shape index (κ3) is 2.36. The number of benzene rings is 1. The van der Waals surface area contributed by atoms with Crippen molar-refractivity contribution in [2.45, 2.75) is 12.5 Å². The summed E-state index contributed by atoms with van der Waals surface area (Å²) in [6.07, 6.45) is 1.04. The molecule has 16 heavy (non-hydrogen) atoms. The summed E-state index contributed by atoms with van der Waals surface area (Å²) >= 11 is 0. The molecule has 1 aliphatic rings. The second-order valence-electron chi connectivity index (χ2n) is 4.50. The predicted molar refractivity (Wildman–Crippen MR) is 65.0 cm³/mol. The van der Waals surface area contributed by atoms with E-state index in [0.717, 1.165) is 25.3 Å². The number of hydrogen-bond donors (Lipinski definition) is 0. The second-order valence-corrected chi connectivity index (χ2v) is 4.50. The van der Waals surface area contributed by atoms with Crippen LogP contribution in [0.15, 0.2) is 18.2 Å². The number of fused-ring (bicyclic) bond motifs is 1. The average molecular weight is 219 g/mol. The van der Waals surface area contributed by atoms with Crippen LogP contribution < -0.4 is 10.1 Å². The van der Waals surface area contributed by atoms with Crippen molar-refractivity contribution in [3.05, 3.63) is 29.3 Å². The molecule has 0 amide bonds. The van der Waals surface area contributed by atoms with Gasteiger partial charge in [0.15, 0.2) is 0 Å². The van der Waals surface area contributed by atoms with Crippen molar-refractivity contribution in [2.75, 3.05) is 34.3 Å². The molecule has 1 heterocycles. The molecule has 0 saturated heterocycles. The molecule has 0 saturated carbocycles. The lowest BCUT2D eigenvalue weighted by atomic mass is 9.94. The molecule has 3 nitrogen and oxygen atoms in total. The van der Waals surface area contributed by atoms with E-state index in [9.17, 15) is 0 Å². The first-order valence-corrected chi connectivity index (χ1v) is 5.69. The smallest absolute Gasteiger partial charge is 0.119 e. The Kier molecular flexibility index (Phi) is 3.46. The van der Waals surface area contributed by atoms with E-state index in [2.05, 4.69) is 36.4 Å². The molecule has 0 aromatic heterocycles. The molecular formula is C13H19N2O. The molecule has 87 valence electrons. The topological polar surface area (TPSA) is 26.6 Å². The van der Waals surface area contributed by atoms with E-state index in [1.54, 1.807) is 7.11 Å². The third-order valence-corrected chi connectivity index (χ3v) is 2.98. The molecule has 0 spiro atoms. The fraction of sp³-hybridized carbons (Fsp3) is 0.538. The Morgan fingerprint density at radius 2 is 2.25 bits per heavy atom. The number of hydrogen-bond acceptors (Lipinski definition) is 2. The van der Waals surface area contributed by atoms with Crippen LogP contribution >= 0.6 is 0 Å². The Labute approximate surface area is 97.4 Å². The summed E-state index contributed by atoms with van der Waals surface area (Å²) < 4.78 is 5.26. The number of ether oxygens (including phenoxy) is 1. The summed E-state index contributed by atoms with van der Waals surface area (Å²) in [5.74, 6) is 0.948. The fourth-order valence-electron chi connectivity index (χ4n) is 2.19. The van der Waals surface area contributed by atoms with Gasteiger partial charge in [-0.25, -0.2) is 5.32 Å². The highest BCUT2D eigenvalue weighted by molar-refractivity contribution is 5.39. The van der Waals surface area contributed by atoms with Crippen LogP contribution in [-0.4, -0.2) is 39.2 Å². The van der Waals surface area contributed by atoms with Crippen molar-refractivity contribution in [3.63, 3.8) is 0 Å². The zero-order valence-electron chi connectivity index (χ0n) is 10.2. The molecule has 0 fully saturated rings. The summed E-state index contributed by atoms with van der Waals surface area (Å²) in [6.45, 7) is 1.91. The molecule has 2 rings (SSSR count). The molecular weight excluding hydrogens is 200 g/mol. The van der Waals surface area contributed by atoms with Gasteiger partial charge in [-0.2, -0.15) is 0 Å². The Hall–Kier alpha value is -1.06. The molecule has 1 aliphatic heterocycles. The first kappa shape index (κ1) is 11.4. The van der Waals surface area contributed by atoms with E-state index in [4.69, 9.17) is 4.74 Å². The lowest BCUT2D eigenvalue weighted by Crippen LogP contribution is -2.32. The number of methoxy groups -OCH3 is 1. The largest absolute Gasteiger partial charge is 0.497 e. The number of nitrogens with zero attached hydrogens (tertiary/aromatic N) is 2. The monoisotopic (exact) mass is 219 g/mol. The minimum absolute atomic E-state index is 0.324. The van der Waals surface area contributed by atoms with Gasteiger partial charge in [-0.1, -0.05) is 6.07 Å². The van der Waals surface area contributed by atoms with E-state index >= 15 is 0 Å². The summed E-state index contributed by atoms with van der Waals surface area (Å²) in [7, 11) is 5.90. The summed E-state index contributed by atoms with van der Waals surface area (Å²) in [5.41, 5.74) is 2.75. The highest BCUT2D eigenvalue weighted by atomic mass is 16.5. The van der Waals surface area contributed by atoms with Gasteiger partial charge >= 0.3 is 0 Å². The SMILES string of the molecule is COc1ccc2c(c1)CC[N]C2CN(C)C. The minimum Gasteiger partial charge on any atom is -0.497 e. The lowest BCUT2D eigenvalue weighted by molar-refractivity contribution is 0.330. The highest BCUT2D eigenvalue weighted by Crippen LogP contribution is 2.27. The normalized spacial score (nSPS) is 19.6. The zero-order chi connectivity index (χ0) is 11.5. The van der Waals surface area contributed by atoms with Gasteiger partial charge in [-0.05, 0) is 43.8 Å². The van der Waals surface area contributed by atoms with Crippen LogP contribution in [0.3, 0.4) is 0 Å². The molecule has 1 atom stereocenters. The maximum atomic E-state index is 5.26. The summed E-state index contributed by atoms with van der Waals surface area (Å²) in [6, 6.07) is 6.66. The van der Waals surface area contributed by atoms with Gasteiger partial charge < -0.3 is 9.64 Å². The molecule has 1 unspecified atom stereocenters. The van der Waals surface area contributed by atoms with E-state index in [1.165, 1.54) is 11.1 Å². The Bertz CT molecular complexity index is 363. The first-order chi connectivity index (χ1) is 7.70. The van der Waals surface area contributed by atoms with Gasteiger partial charge in [-0.15, -0.1) is 0 Å². The van der Waals surface area contributed by atoms with Crippen molar-refractivity contribution < 1.29 is 4.74 Å². The van der Waals surface area contributed by atoms with Gasteiger partial charge in [0, 0.05) is 13.1 Å². The Balaban J connectivity index is 2.25. The third-order valence-electron chi connectivity index (χ3n) is 2.98. The predicted octanol–water partition coefficient (Wildman–Crippen LogP) is 1.46. The number of likely N-dealkylation sites (N-methyl/N-ethyl adjacent to an activating group) is 1. The molecule has 1 aromatic carbocycles. The van der Waals surface area contributed by atoms with Crippen LogP contribution in [0.5, 0.6) is 5.75 Å².